The van der Waals surface area contributed by atoms with E-state index in [2.05, 4.69) is 46.4 Å². The number of anilines is 1. The van der Waals surface area contributed by atoms with Gasteiger partial charge in [0.1, 0.15) is 5.76 Å². The highest BCUT2D eigenvalue weighted by Crippen LogP contribution is 2.63. The Morgan fingerprint density at radius 3 is 2.78 bits per heavy atom. The Morgan fingerprint density at radius 1 is 1.31 bits per heavy atom. The van der Waals surface area contributed by atoms with Gasteiger partial charge in [-0.3, -0.25) is 9.36 Å². The van der Waals surface area contributed by atoms with Crippen LogP contribution in [0.25, 0.3) is 0 Å². The van der Waals surface area contributed by atoms with Gasteiger partial charge in [-0.1, -0.05) is 32.5 Å². The third kappa shape index (κ3) is 3.64. The molecule has 2 bridgehead atoms. The number of hydrogen-bond acceptors (Lipinski definition) is 7. The Hall–Kier alpha value is -2.29. The van der Waals surface area contributed by atoms with Crippen molar-refractivity contribution in [3.63, 3.8) is 0 Å². The van der Waals surface area contributed by atoms with Crippen molar-refractivity contribution in [2.75, 3.05) is 23.7 Å². The maximum atomic E-state index is 12.6. The number of nitrogens with one attached hydrogen (secondary N) is 1. The first-order valence-electron chi connectivity index (χ1n) is 11.6. The lowest BCUT2D eigenvalue weighted by Gasteiger charge is -2.34. The highest BCUT2D eigenvalue weighted by Gasteiger charge is 2.60. The highest BCUT2D eigenvalue weighted by atomic mass is 32.2. The summed E-state index contributed by atoms with van der Waals surface area (Å²) in [4.78, 5) is 14.9. The van der Waals surface area contributed by atoms with Crippen LogP contribution in [0, 0.1) is 16.7 Å². The van der Waals surface area contributed by atoms with E-state index in [1.54, 1.807) is 6.26 Å². The van der Waals surface area contributed by atoms with Gasteiger partial charge in [0.2, 0.25) is 5.95 Å². The van der Waals surface area contributed by atoms with Crippen molar-refractivity contribution in [2.45, 2.75) is 64.6 Å². The van der Waals surface area contributed by atoms with Crippen LogP contribution in [0.3, 0.4) is 0 Å². The molecule has 3 fully saturated rings. The molecule has 0 radical (unpaired) electrons. The van der Waals surface area contributed by atoms with Crippen molar-refractivity contribution in [3.05, 3.63) is 24.2 Å². The van der Waals surface area contributed by atoms with E-state index in [1.807, 2.05) is 16.7 Å². The van der Waals surface area contributed by atoms with Gasteiger partial charge in [0.15, 0.2) is 5.16 Å². The lowest BCUT2D eigenvalue weighted by Crippen LogP contribution is -2.34. The normalized spacial score (nSPS) is 27.5. The monoisotopic (exact) mass is 456 g/mol. The Labute approximate surface area is 193 Å². The summed E-state index contributed by atoms with van der Waals surface area (Å²) >= 11 is 1.39. The second kappa shape index (κ2) is 8.24. The van der Waals surface area contributed by atoms with Crippen LogP contribution in [0.15, 0.2) is 33.1 Å². The van der Waals surface area contributed by atoms with Gasteiger partial charge in [0.25, 0.3) is 5.91 Å². The number of aromatic nitrogens is 3. The van der Waals surface area contributed by atoms with Crippen LogP contribution in [0.5, 0.6) is 0 Å². The van der Waals surface area contributed by atoms with Gasteiger partial charge in [0.05, 0.1) is 18.6 Å². The van der Waals surface area contributed by atoms with Crippen molar-refractivity contribution in [3.8, 4) is 0 Å². The Balaban J connectivity index is 1.25. The third-order valence-electron chi connectivity index (χ3n) is 8.14. The van der Waals surface area contributed by atoms with E-state index in [9.17, 15) is 4.79 Å². The summed E-state index contributed by atoms with van der Waals surface area (Å²) in [6, 6.07) is 3.83. The second-order valence-electron chi connectivity index (χ2n) is 10.0. The van der Waals surface area contributed by atoms with Crippen LogP contribution < -0.4 is 10.3 Å². The standard InChI is InChI=1S/C23H32N6O2S/c1-22(2)16-8-9-23(22,3)18(13-16)24-25-19(30)15-32-21-27-26-20(28-10-4-5-11-28)29(21)14-17-7-6-12-31-17/h6-7,12,16H,4-5,8-11,13-15H2,1-3H3,(H,25,30)/b24-18+. The number of rotatable bonds is 7. The number of hydrazone groups is 1. The fourth-order valence-corrected chi connectivity index (χ4v) is 6.35. The van der Waals surface area contributed by atoms with E-state index in [1.165, 1.54) is 18.2 Å². The van der Waals surface area contributed by atoms with E-state index in [-0.39, 0.29) is 22.5 Å². The molecule has 1 saturated heterocycles. The molecule has 2 aromatic rings. The molecule has 2 atom stereocenters. The van der Waals surface area contributed by atoms with E-state index >= 15 is 0 Å². The van der Waals surface area contributed by atoms with Crippen molar-refractivity contribution in [1.29, 1.82) is 0 Å². The maximum Gasteiger partial charge on any atom is 0.250 e. The molecule has 0 spiro atoms. The topological polar surface area (TPSA) is 88.5 Å². The molecule has 1 aliphatic heterocycles. The molecular formula is C23H32N6O2S. The maximum absolute atomic E-state index is 12.6. The molecular weight excluding hydrogens is 424 g/mol. The summed E-state index contributed by atoms with van der Waals surface area (Å²) < 4.78 is 7.60. The minimum Gasteiger partial charge on any atom is -0.467 e. The van der Waals surface area contributed by atoms with E-state index in [0.717, 1.165) is 61.3 Å². The van der Waals surface area contributed by atoms with Crippen LogP contribution in [-0.4, -0.2) is 45.2 Å². The predicted molar refractivity (Wildman–Crippen MR) is 125 cm³/mol. The van der Waals surface area contributed by atoms with Gasteiger partial charge >= 0.3 is 0 Å². The Bertz CT molecular complexity index is 1010. The number of amides is 1. The molecule has 1 N–H and O–H groups in total. The fraction of sp³-hybridized carbons (Fsp3) is 0.652. The van der Waals surface area contributed by atoms with Gasteiger partial charge in [0, 0.05) is 24.2 Å². The zero-order valence-corrected chi connectivity index (χ0v) is 20.0. The molecule has 8 nitrogen and oxygen atoms in total. The molecule has 172 valence electrons. The van der Waals surface area contributed by atoms with Gasteiger partial charge in [-0.05, 0) is 55.6 Å². The lowest BCUT2D eigenvalue weighted by atomic mass is 9.70. The van der Waals surface area contributed by atoms with Crippen molar-refractivity contribution >= 4 is 29.3 Å². The number of fused-ring (bicyclic) bond motifs is 2. The van der Waals surface area contributed by atoms with E-state index in [0.29, 0.717) is 12.5 Å². The van der Waals surface area contributed by atoms with Crippen molar-refractivity contribution in [2.24, 2.45) is 21.8 Å². The molecule has 1 amide bonds. The van der Waals surface area contributed by atoms with Gasteiger partial charge in [-0.15, -0.1) is 10.2 Å². The number of nitrogens with zero attached hydrogens (tertiary/aromatic N) is 5. The first-order valence-corrected chi connectivity index (χ1v) is 12.6. The molecule has 2 aromatic heterocycles. The molecule has 3 aliphatic rings. The number of furan rings is 1. The Morgan fingerprint density at radius 2 is 2.12 bits per heavy atom. The smallest absolute Gasteiger partial charge is 0.250 e. The largest absolute Gasteiger partial charge is 0.467 e. The highest BCUT2D eigenvalue weighted by molar-refractivity contribution is 7.99. The zero-order valence-electron chi connectivity index (χ0n) is 19.1. The van der Waals surface area contributed by atoms with Crippen LogP contribution in [0.4, 0.5) is 5.95 Å². The average Bonchev–Trinajstić information content (AvgIpc) is 3.57. The molecule has 2 aliphatic carbocycles. The summed E-state index contributed by atoms with van der Waals surface area (Å²) in [5.41, 5.74) is 4.30. The van der Waals surface area contributed by atoms with Gasteiger partial charge in [-0.2, -0.15) is 5.10 Å². The van der Waals surface area contributed by atoms with Gasteiger partial charge < -0.3 is 9.32 Å². The van der Waals surface area contributed by atoms with Crippen molar-refractivity contribution < 1.29 is 9.21 Å². The molecule has 9 heteroatoms. The number of thioether (sulfide) groups is 1. The minimum absolute atomic E-state index is 0.0892. The third-order valence-corrected chi connectivity index (χ3v) is 9.11. The molecule has 5 rings (SSSR count). The summed E-state index contributed by atoms with van der Waals surface area (Å²) in [5, 5.41) is 14.1. The predicted octanol–water partition coefficient (Wildman–Crippen LogP) is 3.93. The summed E-state index contributed by atoms with van der Waals surface area (Å²) in [6.45, 7) is 9.50. The SMILES string of the molecule is CC12CCC(C/C1=N\NC(=O)CSc1nnc(N3CCCC3)n1Cc1ccco1)C2(C)C. The average molecular weight is 457 g/mol. The minimum atomic E-state index is -0.109. The number of carbonyl (C=O) groups excluding carboxylic acids is 1. The first kappa shape index (κ1) is 21.6. The summed E-state index contributed by atoms with van der Waals surface area (Å²) in [5.74, 6) is 2.49. The Kier molecular flexibility index (Phi) is 5.55. The molecule has 32 heavy (non-hydrogen) atoms. The zero-order chi connectivity index (χ0) is 22.3. The van der Waals surface area contributed by atoms with Crippen LogP contribution in [-0.2, 0) is 11.3 Å². The number of hydrogen-bond donors (Lipinski definition) is 1. The molecule has 2 saturated carbocycles. The first-order chi connectivity index (χ1) is 15.4. The van der Waals surface area contributed by atoms with E-state index < -0.39 is 0 Å². The van der Waals surface area contributed by atoms with Crippen LogP contribution >= 0.6 is 11.8 Å². The van der Waals surface area contributed by atoms with Crippen LogP contribution in [0.1, 0.15) is 58.6 Å². The summed E-state index contributed by atoms with van der Waals surface area (Å²) in [6.07, 6.45) is 7.41. The van der Waals surface area contributed by atoms with Crippen LogP contribution in [0.2, 0.25) is 0 Å². The van der Waals surface area contributed by atoms with E-state index in [4.69, 9.17) is 4.42 Å². The second-order valence-corrected chi connectivity index (χ2v) is 11.0. The molecule has 2 unspecified atom stereocenters. The molecule has 0 aromatic carbocycles. The van der Waals surface area contributed by atoms with Crippen molar-refractivity contribution in [1.82, 2.24) is 20.2 Å². The summed E-state index contributed by atoms with van der Waals surface area (Å²) in [7, 11) is 0. The lowest BCUT2D eigenvalue weighted by molar-refractivity contribution is -0.118. The number of carbonyl (C=O) groups is 1. The quantitative estimate of drug-likeness (QED) is 0.502. The fourth-order valence-electron chi connectivity index (χ4n) is 5.63. The molecule has 3 heterocycles. The van der Waals surface area contributed by atoms with Gasteiger partial charge in [-0.25, -0.2) is 5.43 Å².